The molecule has 0 aliphatic rings. The number of nitrogens with one attached hydrogen (secondary N) is 1. The molecule has 0 aliphatic heterocycles. The van der Waals surface area contributed by atoms with Gasteiger partial charge < -0.3 is 5.32 Å². The summed E-state index contributed by atoms with van der Waals surface area (Å²) in [5.41, 5.74) is 2.08. The lowest BCUT2D eigenvalue weighted by Crippen LogP contribution is -2.07. The van der Waals surface area contributed by atoms with Crippen molar-refractivity contribution >= 4 is 17.3 Å². The molecule has 0 heterocycles. The Kier molecular flexibility index (Phi) is 4.42. The van der Waals surface area contributed by atoms with Gasteiger partial charge in [-0.15, -0.1) is 0 Å². The van der Waals surface area contributed by atoms with Gasteiger partial charge in [0, 0.05) is 16.8 Å². The molecule has 0 saturated heterocycles. The molecule has 3 nitrogen and oxygen atoms in total. The summed E-state index contributed by atoms with van der Waals surface area (Å²) in [7, 11) is 0. The van der Waals surface area contributed by atoms with E-state index in [1.807, 2.05) is 19.1 Å². The highest BCUT2D eigenvalue weighted by Crippen LogP contribution is 2.27. The minimum absolute atomic E-state index is 0.169. The van der Waals surface area contributed by atoms with E-state index >= 15 is 0 Å². The van der Waals surface area contributed by atoms with E-state index in [1.165, 1.54) is 12.1 Å². The quantitative estimate of drug-likeness (QED) is 0.914. The fourth-order valence-electron chi connectivity index (χ4n) is 2.00. The molecule has 21 heavy (non-hydrogen) atoms. The van der Waals surface area contributed by atoms with E-state index in [0.717, 1.165) is 5.56 Å². The SMILES string of the molecule is CC(Nc1ccc(C#N)c(C#N)c1)c1ccc(F)cc1Cl. The third kappa shape index (κ3) is 3.31. The highest BCUT2D eigenvalue weighted by Gasteiger charge is 2.11. The Balaban J connectivity index is 2.26. The largest absolute Gasteiger partial charge is 0.378 e. The van der Waals surface area contributed by atoms with Crippen LogP contribution in [-0.4, -0.2) is 0 Å². The average molecular weight is 300 g/mol. The van der Waals surface area contributed by atoms with Gasteiger partial charge in [-0.2, -0.15) is 10.5 Å². The van der Waals surface area contributed by atoms with Crippen molar-refractivity contribution < 1.29 is 4.39 Å². The van der Waals surface area contributed by atoms with E-state index in [4.69, 9.17) is 22.1 Å². The van der Waals surface area contributed by atoms with E-state index < -0.39 is 0 Å². The van der Waals surface area contributed by atoms with Crippen LogP contribution in [0.3, 0.4) is 0 Å². The summed E-state index contributed by atoms with van der Waals surface area (Å²) >= 11 is 6.02. The molecule has 0 fully saturated rings. The van der Waals surface area contributed by atoms with E-state index in [-0.39, 0.29) is 11.9 Å². The van der Waals surface area contributed by atoms with Crippen molar-refractivity contribution in [3.05, 3.63) is 63.9 Å². The molecule has 1 unspecified atom stereocenters. The molecule has 0 aromatic heterocycles. The number of hydrogen-bond acceptors (Lipinski definition) is 3. The van der Waals surface area contributed by atoms with Gasteiger partial charge in [0.05, 0.1) is 11.1 Å². The first-order chi connectivity index (χ1) is 10.0. The first kappa shape index (κ1) is 14.8. The van der Waals surface area contributed by atoms with Crippen LogP contribution in [-0.2, 0) is 0 Å². The number of nitriles is 2. The van der Waals surface area contributed by atoms with Crippen LogP contribution in [0.5, 0.6) is 0 Å². The Morgan fingerprint density at radius 2 is 1.81 bits per heavy atom. The Morgan fingerprint density at radius 1 is 1.10 bits per heavy atom. The maximum Gasteiger partial charge on any atom is 0.124 e. The minimum Gasteiger partial charge on any atom is -0.378 e. The molecule has 0 radical (unpaired) electrons. The van der Waals surface area contributed by atoms with Crippen LogP contribution in [0, 0.1) is 28.5 Å². The molecule has 0 saturated carbocycles. The fourth-order valence-corrected chi connectivity index (χ4v) is 2.34. The van der Waals surface area contributed by atoms with Crippen molar-refractivity contribution in [1.82, 2.24) is 0 Å². The number of nitrogens with zero attached hydrogens (tertiary/aromatic N) is 2. The maximum atomic E-state index is 13.0. The Morgan fingerprint density at radius 3 is 2.43 bits per heavy atom. The molecular formula is C16H11ClFN3. The second-order valence-electron chi connectivity index (χ2n) is 4.52. The second kappa shape index (κ2) is 6.26. The number of hydrogen-bond donors (Lipinski definition) is 1. The molecule has 2 aromatic carbocycles. The summed E-state index contributed by atoms with van der Waals surface area (Å²) < 4.78 is 13.0. The summed E-state index contributed by atoms with van der Waals surface area (Å²) in [5.74, 6) is -0.388. The van der Waals surface area contributed by atoms with Crippen molar-refractivity contribution in [2.75, 3.05) is 5.32 Å². The van der Waals surface area contributed by atoms with Gasteiger partial charge in [0.15, 0.2) is 0 Å². The molecule has 104 valence electrons. The Hall–Kier alpha value is -2.56. The molecule has 2 rings (SSSR count). The lowest BCUT2D eigenvalue weighted by atomic mass is 10.1. The maximum absolute atomic E-state index is 13.0. The second-order valence-corrected chi connectivity index (χ2v) is 4.92. The lowest BCUT2D eigenvalue weighted by molar-refractivity contribution is 0.626. The van der Waals surface area contributed by atoms with Gasteiger partial charge in [-0.25, -0.2) is 4.39 Å². The zero-order valence-electron chi connectivity index (χ0n) is 11.2. The zero-order chi connectivity index (χ0) is 15.4. The van der Waals surface area contributed by atoms with Crippen LogP contribution in [0.1, 0.15) is 29.7 Å². The highest BCUT2D eigenvalue weighted by molar-refractivity contribution is 6.31. The monoisotopic (exact) mass is 299 g/mol. The molecule has 0 aliphatic carbocycles. The average Bonchev–Trinajstić information content (AvgIpc) is 2.46. The molecule has 0 spiro atoms. The molecule has 0 bridgehead atoms. The van der Waals surface area contributed by atoms with Crippen molar-refractivity contribution in [3.8, 4) is 12.1 Å². The number of halogens is 2. The van der Waals surface area contributed by atoms with Crippen molar-refractivity contribution in [3.63, 3.8) is 0 Å². The van der Waals surface area contributed by atoms with Crippen LogP contribution < -0.4 is 5.32 Å². The van der Waals surface area contributed by atoms with Crippen LogP contribution >= 0.6 is 11.6 Å². The van der Waals surface area contributed by atoms with Crippen LogP contribution in [0.15, 0.2) is 36.4 Å². The summed E-state index contributed by atoms with van der Waals surface area (Å²) in [4.78, 5) is 0. The van der Waals surface area contributed by atoms with Crippen molar-refractivity contribution in [2.45, 2.75) is 13.0 Å². The predicted octanol–water partition coefficient (Wildman–Crippen LogP) is 4.40. The van der Waals surface area contributed by atoms with E-state index in [0.29, 0.717) is 21.8 Å². The van der Waals surface area contributed by atoms with E-state index in [2.05, 4.69) is 5.32 Å². The minimum atomic E-state index is -0.388. The number of anilines is 1. The molecule has 1 atom stereocenters. The van der Waals surface area contributed by atoms with Gasteiger partial charge in [0.25, 0.3) is 0 Å². The normalized spacial score (nSPS) is 11.3. The van der Waals surface area contributed by atoms with Crippen molar-refractivity contribution in [2.24, 2.45) is 0 Å². The lowest BCUT2D eigenvalue weighted by Gasteiger charge is -2.17. The van der Waals surface area contributed by atoms with Crippen molar-refractivity contribution in [1.29, 1.82) is 10.5 Å². The Bertz CT molecular complexity index is 759. The van der Waals surface area contributed by atoms with Crippen LogP contribution in [0.25, 0.3) is 0 Å². The predicted molar refractivity (Wildman–Crippen MR) is 79.3 cm³/mol. The first-order valence-corrected chi connectivity index (χ1v) is 6.58. The topological polar surface area (TPSA) is 59.6 Å². The molecule has 2 aromatic rings. The van der Waals surface area contributed by atoms with Gasteiger partial charge in [-0.1, -0.05) is 17.7 Å². The van der Waals surface area contributed by atoms with Gasteiger partial charge in [0.2, 0.25) is 0 Å². The third-order valence-electron chi connectivity index (χ3n) is 3.07. The zero-order valence-corrected chi connectivity index (χ0v) is 11.9. The summed E-state index contributed by atoms with van der Waals surface area (Å²) in [6.07, 6.45) is 0. The third-order valence-corrected chi connectivity index (χ3v) is 3.40. The number of benzene rings is 2. The standard InChI is InChI=1S/C16H11ClFN3/c1-10(15-5-3-13(18)7-16(15)17)21-14-4-2-11(8-19)12(6-14)9-20/h2-7,10,21H,1H3. The molecule has 1 N–H and O–H groups in total. The smallest absolute Gasteiger partial charge is 0.124 e. The fraction of sp³-hybridized carbons (Fsp3) is 0.125. The molecule has 5 heteroatoms. The van der Waals surface area contributed by atoms with E-state index in [9.17, 15) is 4.39 Å². The van der Waals surface area contributed by atoms with Gasteiger partial charge in [-0.3, -0.25) is 0 Å². The first-order valence-electron chi connectivity index (χ1n) is 6.21. The summed E-state index contributed by atoms with van der Waals surface area (Å²) in [6.45, 7) is 1.88. The van der Waals surface area contributed by atoms with Gasteiger partial charge >= 0.3 is 0 Å². The number of rotatable bonds is 3. The molecule has 0 amide bonds. The molecular weight excluding hydrogens is 289 g/mol. The van der Waals surface area contributed by atoms with Gasteiger partial charge in [0.1, 0.15) is 18.0 Å². The summed E-state index contributed by atoms with van der Waals surface area (Å²) in [6, 6.07) is 12.9. The summed E-state index contributed by atoms with van der Waals surface area (Å²) in [5, 5.41) is 21.4. The van der Waals surface area contributed by atoms with E-state index in [1.54, 1.807) is 24.3 Å². The van der Waals surface area contributed by atoms with Crippen LogP contribution in [0.2, 0.25) is 5.02 Å². The Labute approximate surface area is 127 Å². The highest BCUT2D eigenvalue weighted by atomic mass is 35.5. The van der Waals surface area contributed by atoms with Gasteiger partial charge in [-0.05, 0) is 42.8 Å². The van der Waals surface area contributed by atoms with Crippen LogP contribution in [0.4, 0.5) is 10.1 Å².